The number of likely N-dealkylation sites (tertiary alicyclic amines) is 1. The second kappa shape index (κ2) is 4.64. The second-order valence-corrected chi connectivity index (χ2v) is 4.50. The molecule has 1 aliphatic heterocycles. The van der Waals surface area contributed by atoms with Crippen LogP contribution in [0.25, 0.3) is 0 Å². The van der Waals surface area contributed by atoms with Crippen LogP contribution >= 0.6 is 23.2 Å². The van der Waals surface area contributed by atoms with Gasteiger partial charge in [-0.15, -0.1) is 0 Å². The first-order chi connectivity index (χ1) is 7.18. The quantitative estimate of drug-likeness (QED) is 0.593. The minimum absolute atomic E-state index is 0.206. The summed E-state index contributed by atoms with van der Waals surface area (Å²) in [6.45, 7) is 4.38. The second-order valence-electron chi connectivity index (χ2n) is 3.80. The number of hydrogen-bond acceptors (Lipinski definition) is 3. The molecule has 1 unspecified atom stereocenters. The van der Waals surface area contributed by atoms with Crippen molar-refractivity contribution < 1.29 is 0 Å². The number of nitrogens with zero attached hydrogens (tertiary/aromatic N) is 3. The Labute approximate surface area is 99.4 Å². The van der Waals surface area contributed by atoms with E-state index >= 15 is 0 Å². The first-order valence-electron chi connectivity index (χ1n) is 5.10. The van der Waals surface area contributed by atoms with Crippen LogP contribution in [0.2, 0.25) is 10.4 Å². The number of aromatic nitrogens is 2. The van der Waals surface area contributed by atoms with Gasteiger partial charge in [0.1, 0.15) is 5.15 Å². The molecule has 0 radical (unpaired) electrons. The zero-order valence-electron chi connectivity index (χ0n) is 8.58. The van der Waals surface area contributed by atoms with E-state index in [-0.39, 0.29) is 11.3 Å². The maximum atomic E-state index is 6.04. The largest absolute Gasteiger partial charge is 0.296 e. The van der Waals surface area contributed by atoms with Crippen molar-refractivity contribution in [1.29, 1.82) is 0 Å². The fourth-order valence-corrected chi connectivity index (χ4v) is 2.42. The van der Waals surface area contributed by atoms with Gasteiger partial charge in [0.05, 0.1) is 0 Å². The lowest BCUT2D eigenvalue weighted by atomic mass is 10.1. The summed E-state index contributed by atoms with van der Waals surface area (Å²) in [4.78, 5) is 10.3. The standard InChI is InChI=1S/C10H13Cl2N3/c1-7(15-4-2-3-5-15)8-6-13-10(12)14-9(8)11/h6-7H,2-5H2,1H3. The fraction of sp³-hybridized carbons (Fsp3) is 0.600. The Bertz CT molecular complexity index is 351. The van der Waals surface area contributed by atoms with Gasteiger partial charge in [-0.1, -0.05) is 11.6 Å². The Balaban J connectivity index is 2.20. The van der Waals surface area contributed by atoms with Crippen LogP contribution in [0.5, 0.6) is 0 Å². The average Bonchev–Trinajstić information content (AvgIpc) is 2.69. The van der Waals surface area contributed by atoms with E-state index in [2.05, 4.69) is 21.8 Å². The van der Waals surface area contributed by atoms with E-state index < -0.39 is 0 Å². The van der Waals surface area contributed by atoms with Crippen molar-refractivity contribution in [3.05, 3.63) is 22.2 Å². The zero-order valence-corrected chi connectivity index (χ0v) is 10.1. The summed E-state index contributed by atoms with van der Waals surface area (Å²) >= 11 is 11.7. The third kappa shape index (κ3) is 2.41. The van der Waals surface area contributed by atoms with Crippen LogP contribution < -0.4 is 0 Å². The Morgan fingerprint density at radius 1 is 1.33 bits per heavy atom. The van der Waals surface area contributed by atoms with E-state index in [1.165, 1.54) is 12.8 Å². The first kappa shape index (κ1) is 11.1. The topological polar surface area (TPSA) is 29.0 Å². The minimum atomic E-state index is 0.206. The highest BCUT2D eigenvalue weighted by Gasteiger charge is 2.22. The molecule has 0 saturated carbocycles. The molecule has 2 heterocycles. The SMILES string of the molecule is CC(c1cnc(Cl)nc1Cl)N1CCCC1. The van der Waals surface area contributed by atoms with Crippen LogP contribution in [0, 0.1) is 0 Å². The summed E-state index contributed by atoms with van der Waals surface area (Å²) in [5.41, 5.74) is 0.961. The van der Waals surface area contributed by atoms with E-state index in [1.54, 1.807) is 6.20 Å². The fourth-order valence-electron chi connectivity index (χ4n) is 1.96. The molecule has 82 valence electrons. The van der Waals surface area contributed by atoms with Gasteiger partial charge in [-0.05, 0) is 44.5 Å². The van der Waals surface area contributed by atoms with E-state index in [0.29, 0.717) is 5.15 Å². The van der Waals surface area contributed by atoms with Crippen LogP contribution in [0.1, 0.15) is 31.4 Å². The first-order valence-corrected chi connectivity index (χ1v) is 5.86. The van der Waals surface area contributed by atoms with Crippen molar-refractivity contribution >= 4 is 23.2 Å². The third-order valence-corrected chi connectivity index (χ3v) is 3.36. The minimum Gasteiger partial charge on any atom is -0.296 e. The van der Waals surface area contributed by atoms with Gasteiger partial charge in [0.2, 0.25) is 5.28 Å². The summed E-state index contributed by atoms with van der Waals surface area (Å²) in [7, 11) is 0. The number of rotatable bonds is 2. The summed E-state index contributed by atoms with van der Waals surface area (Å²) in [6.07, 6.45) is 4.24. The molecule has 1 aromatic rings. The Kier molecular flexibility index (Phi) is 3.44. The number of hydrogen-bond donors (Lipinski definition) is 0. The lowest BCUT2D eigenvalue weighted by Gasteiger charge is -2.23. The van der Waals surface area contributed by atoms with E-state index in [1.807, 2.05) is 0 Å². The van der Waals surface area contributed by atoms with E-state index in [9.17, 15) is 0 Å². The summed E-state index contributed by atoms with van der Waals surface area (Å²) < 4.78 is 0. The van der Waals surface area contributed by atoms with Crippen molar-refractivity contribution in [1.82, 2.24) is 14.9 Å². The van der Waals surface area contributed by atoms with Crippen LogP contribution in [0.3, 0.4) is 0 Å². The molecule has 0 aromatic carbocycles. The molecule has 1 saturated heterocycles. The highest BCUT2D eigenvalue weighted by molar-refractivity contribution is 6.32. The molecule has 2 rings (SSSR count). The third-order valence-electron chi connectivity index (χ3n) is 2.88. The molecule has 1 aromatic heterocycles. The molecule has 0 bridgehead atoms. The van der Waals surface area contributed by atoms with Gasteiger partial charge in [0.25, 0.3) is 0 Å². The molecule has 1 fully saturated rings. The number of halogens is 2. The Hall–Kier alpha value is -0.380. The molecule has 0 aliphatic carbocycles. The van der Waals surface area contributed by atoms with E-state index in [0.717, 1.165) is 18.7 Å². The van der Waals surface area contributed by atoms with E-state index in [4.69, 9.17) is 23.2 Å². The highest BCUT2D eigenvalue weighted by atomic mass is 35.5. The zero-order chi connectivity index (χ0) is 10.8. The summed E-state index contributed by atoms with van der Waals surface area (Å²) in [6, 6.07) is 0.275. The van der Waals surface area contributed by atoms with Gasteiger partial charge in [0, 0.05) is 17.8 Å². The molecule has 3 nitrogen and oxygen atoms in total. The monoisotopic (exact) mass is 245 g/mol. The van der Waals surface area contributed by atoms with Crippen LogP contribution in [-0.2, 0) is 0 Å². The van der Waals surface area contributed by atoms with Crippen molar-refractivity contribution in [2.75, 3.05) is 13.1 Å². The molecule has 0 amide bonds. The molecular formula is C10H13Cl2N3. The molecule has 1 atom stereocenters. The van der Waals surface area contributed by atoms with Gasteiger partial charge < -0.3 is 0 Å². The van der Waals surface area contributed by atoms with Crippen molar-refractivity contribution in [2.45, 2.75) is 25.8 Å². The normalized spacial score (nSPS) is 19.4. The van der Waals surface area contributed by atoms with Gasteiger partial charge in [0.15, 0.2) is 0 Å². The Morgan fingerprint density at radius 3 is 2.60 bits per heavy atom. The predicted molar refractivity (Wildman–Crippen MR) is 61.3 cm³/mol. The van der Waals surface area contributed by atoms with Crippen LogP contribution in [0.4, 0.5) is 0 Å². The smallest absolute Gasteiger partial charge is 0.223 e. The molecule has 1 aliphatic rings. The lowest BCUT2D eigenvalue weighted by molar-refractivity contribution is 0.262. The molecule has 0 N–H and O–H groups in total. The van der Waals surface area contributed by atoms with Gasteiger partial charge in [-0.3, -0.25) is 4.90 Å². The Morgan fingerprint density at radius 2 is 2.00 bits per heavy atom. The molecular weight excluding hydrogens is 233 g/mol. The van der Waals surface area contributed by atoms with Crippen molar-refractivity contribution in [2.24, 2.45) is 0 Å². The van der Waals surface area contributed by atoms with Gasteiger partial charge in [-0.2, -0.15) is 0 Å². The average molecular weight is 246 g/mol. The van der Waals surface area contributed by atoms with Crippen molar-refractivity contribution in [3.63, 3.8) is 0 Å². The van der Waals surface area contributed by atoms with Crippen LogP contribution in [-0.4, -0.2) is 28.0 Å². The predicted octanol–water partition coefficient (Wildman–Crippen LogP) is 2.94. The van der Waals surface area contributed by atoms with Crippen LogP contribution in [0.15, 0.2) is 6.20 Å². The summed E-state index contributed by atoms with van der Waals surface area (Å²) in [5, 5.41) is 0.673. The van der Waals surface area contributed by atoms with Gasteiger partial charge in [-0.25, -0.2) is 9.97 Å². The highest BCUT2D eigenvalue weighted by Crippen LogP contribution is 2.28. The maximum absolute atomic E-state index is 6.04. The molecule has 0 spiro atoms. The molecule has 15 heavy (non-hydrogen) atoms. The van der Waals surface area contributed by atoms with Gasteiger partial charge >= 0.3 is 0 Å². The molecule has 5 heteroatoms. The summed E-state index contributed by atoms with van der Waals surface area (Å²) in [5.74, 6) is 0. The van der Waals surface area contributed by atoms with Crippen molar-refractivity contribution in [3.8, 4) is 0 Å². The lowest BCUT2D eigenvalue weighted by Crippen LogP contribution is -2.23. The maximum Gasteiger partial charge on any atom is 0.223 e.